The maximum absolute atomic E-state index is 13.0. The molecule has 1 aliphatic rings. The number of hydrogen-bond donors (Lipinski definition) is 1. The summed E-state index contributed by atoms with van der Waals surface area (Å²) in [5.74, 6) is -0.522. The molecule has 1 aromatic rings. The van der Waals surface area contributed by atoms with Crippen molar-refractivity contribution in [3.63, 3.8) is 0 Å². The van der Waals surface area contributed by atoms with Crippen molar-refractivity contribution in [2.24, 2.45) is 10.7 Å². The highest BCUT2D eigenvalue weighted by atomic mass is 19.1. The van der Waals surface area contributed by atoms with Crippen molar-refractivity contribution >= 4 is 5.96 Å². The van der Waals surface area contributed by atoms with Crippen LogP contribution < -0.4 is 5.73 Å². The van der Waals surface area contributed by atoms with Crippen LogP contribution in [-0.4, -0.2) is 30.5 Å². The summed E-state index contributed by atoms with van der Waals surface area (Å²) >= 11 is 0. The number of guanidine groups is 1. The molecule has 1 fully saturated rings. The Morgan fingerprint density at radius 2 is 1.95 bits per heavy atom. The van der Waals surface area contributed by atoms with Gasteiger partial charge >= 0.3 is 0 Å². The Labute approximate surface area is 112 Å². The highest BCUT2D eigenvalue weighted by Crippen LogP contribution is 2.24. The minimum absolute atomic E-state index is 0.536. The second-order valence-corrected chi connectivity index (χ2v) is 4.96. The summed E-state index contributed by atoms with van der Waals surface area (Å²) in [4.78, 5) is 6.27. The van der Waals surface area contributed by atoms with Gasteiger partial charge in [-0.1, -0.05) is 0 Å². The molecule has 2 N–H and O–H groups in total. The third kappa shape index (κ3) is 4.19. The van der Waals surface area contributed by atoms with E-state index in [2.05, 4.69) is 4.99 Å². The lowest BCUT2D eigenvalue weighted by atomic mass is 10.1. The molecule has 1 aromatic carbocycles. The molecule has 2 rings (SSSR count). The molecule has 0 saturated heterocycles. The van der Waals surface area contributed by atoms with Crippen molar-refractivity contribution in [3.8, 4) is 0 Å². The van der Waals surface area contributed by atoms with E-state index in [1.807, 2.05) is 11.9 Å². The van der Waals surface area contributed by atoms with Gasteiger partial charge in [-0.15, -0.1) is 0 Å². The molecule has 0 amide bonds. The smallest absolute Gasteiger partial charge is 0.191 e. The first-order chi connectivity index (χ1) is 9.06. The Morgan fingerprint density at radius 1 is 1.32 bits per heavy atom. The van der Waals surface area contributed by atoms with Gasteiger partial charge in [-0.2, -0.15) is 0 Å². The molecule has 0 atom stereocenters. The SMILES string of the molecule is CN(C(N)=NCCCc1cc(F)cc(F)c1)C1CC1. The molecule has 5 heteroatoms. The fourth-order valence-corrected chi connectivity index (χ4v) is 1.99. The minimum Gasteiger partial charge on any atom is -0.370 e. The zero-order valence-electron chi connectivity index (χ0n) is 11.1. The lowest BCUT2D eigenvalue weighted by Crippen LogP contribution is -2.35. The van der Waals surface area contributed by atoms with Gasteiger partial charge in [0.15, 0.2) is 5.96 Å². The molecule has 1 saturated carbocycles. The predicted octanol–water partition coefficient (Wildman–Crippen LogP) is 2.31. The number of nitrogens with zero attached hydrogens (tertiary/aromatic N) is 2. The average molecular weight is 267 g/mol. The minimum atomic E-state index is -0.536. The molecule has 0 unspecified atom stereocenters. The number of halogens is 2. The third-order valence-corrected chi connectivity index (χ3v) is 3.28. The maximum Gasteiger partial charge on any atom is 0.191 e. The van der Waals surface area contributed by atoms with Gasteiger partial charge < -0.3 is 10.6 Å². The number of aryl methyl sites for hydroxylation is 1. The highest BCUT2D eigenvalue weighted by molar-refractivity contribution is 5.78. The van der Waals surface area contributed by atoms with Gasteiger partial charge in [-0.25, -0.2) is 8.78 Å². The van der Waals surface area contributed by atoms with E-state index in [0.29, 0.717) is 30.5 Å². The van der Waals surface area contributed by atoms with E-state index in [9.17, 15) is 8.78 Å². The maximum atomic E-state index is 13.0. The Morgan fingerprint density at radius 3 is 2.53 bits per heavy atom. The Bertz CT molecular complexity index is 450. The Balaban J connectivity index is 1.78. The standard InChI is InChI=1S/C14H19F2N3/c1-19(13-4-5-13)14(17)18-6-2-3-10-7-11(15)9-12(16)8-10/h7-9,13H,2-6H2,1H3,(H2,17,18). The predicted molar refractivity (Wildman–Crippen MR) is 72.0 cm³/mol. The lowest BCUT2D eigenvalue weighted by molar-refractivity contribution is 0.487. The van der Waals surface area contributed by atoms with Gasteiger partial charge in [0.1, 0.15) is 11.6 Å². The van der Waals surface area contributed by atoms with E-state index in [1.54, 1.807) is 0 Å². The summed E-state index contributed by atoms with van der Waals surface area (Å²) in [5.41, 5.74) is 6.50. The zero-order chi connectivity index (χ0) is 13.8. The van der Waals surface area contributed by atoms with Crippen molar-refractivity contribution in [1.82, 2.24) is 4.90 Å². The molecule has 0 heterocycles. The lowest BCUT2D eigenvalue weighted by Gasteiger charge is -2.16. The van der Waals surface area contributed by atoms with Gasteiger partial charge in [0, 0.05) is 25.7 Å². The van der Waals surface area contributed by atoms with E-state index < -0.39 is 11.6 Å². The van der Waals surface area contributed by atoms with Gasteiger partial charge in [0.2, 0.25) is 0 Å². The van der Waals surface area contributed by atoms with Crippen molar-refractivity contribution < 1.29 is 8.78 Å². The molecule has 0 bridgehead atoms. The van der Waals surface area contributed by atoms with Crippen molar-refractivity contribution in [2.45, 2.75) is 31.7 Å². The van der Waals surface area contributed by atoms with Crippen molar-refractivity contribution in [3.05, 3.63) is 35.4 Å². The van der Waals surface area contributed by atoms with Crippen LogP contribution in [-0.2, 0) is 6.42 Å². The summed E-state index contributed by atoms with van der Waals surface area (Å²) in [6.45, 7) is 0.570. The molecule has 19 heavy (non-hydrogen) atoms. The van der Waals surface area contributed by atoms with Gasteiger partial charge in [0.25, 0.3) is 0 Å². The molecule has 0 aliphatic heterocycles. The van der Waals surface area contributed by atoms with Crippen LogP contribution in [0.2, 0.25) is 0 Å². The van der Waals surface area contributed by atoms with Crippen LogP contribution in [0.15, 0.2) is 23.2 Å². The third-order valence-electron chi connectivity index (χ3n) is 3.28. The molecule has 0 radical (unpaired) electrons. The number of rotatable bonds is 5. The van der Waals surface area contributed by atoms with Gasteiger partial charge in [-0.05, 0) is 43.4 Å². The molecule has 104 valence electrons. The molecule has 3 nitrogen and oxygen atoms in total. The van der Waals surface area contributed by atoms with Crippen LogP contribution >= 0.6 is 0 Å². The molecule has 0 spiro atoms. The number of hydrogen-bond acceptors (Lipinski definition) is 1. The summed E-state index contributed by atoms with van der Waals surface area (Å²) in [7, 11) is 1.94. The first-order valence-corrected chi connectivity index (χ1v) is 6.54. The number of aliphatic imine (C=N–C) groups is 1. The first-order valence-electron chi connectivity index (χ1n) is 6.54. The van der Waals surface area contributed by atoms with Crippen LogP contribution in [0.25, 0.3) is 0 Å². The van der Waals surface area contributed by atoms with E-state index in [1.165, 1.54) is 25.0 Å². The van der Waals surface area contributed by atoms with Crippen LogP contribution in [0.3, 0.4) is 0 Å². The molecule has 1 aliphatic carbocycles. The Kier molecular flexibility index (Phi) is 4.35. The second kappa shape index (κ2) is 5.99. The van der Waals surface area contributed by atoms with Gasteiger partial charge in [0.05, 0.1) is 0 Å². The summed E-state index contributed by atoms with van der Waals surface area (Å²) < 4.78 is 25.9. The highest BCUT2D eigenvalue weighted by Gasteiger charge is 2.27. The fourth-order valence-electron chi connectivity index (χ4n) is 1.99. The van der Waals surface area contributed by atoms with Crippen LogP contribution in [0.4, 0.5) is 8.78 Å². The quantitative estimate of drug-likeness (QED) is 0.505. The van der Waals surface area contributed by atoms with E-state index in [0.717, 1.165) is 12.5 Å². The monoisotopic (exact) mass is 267 g/mol. The van der Waals surface area contributed by atoms with Crippen LogP contribution in [0, 0.1) is 11.6 Å². The summed E-state index contributed by atoms with van der Waals surface area (Å²) in [6, 6.07) is 4.13. The van der Waals surface area contributed by atoms with Crippen molar-refractivity contribution in [1.29, 1.82) is 0 Å². The normalized spacial score (nSPS) is 15.6. The summed E-state index contributed by atoms with van der Waals surface area (Å²) in [5, 5.41) is 0. The molecular formula is C14H19F2N3. The fraction of sp³-hybridized carbons (Fsp3) is 0.500. The topological polar surface area (TPSA) is 41.6 Å². The zero-order valence-corrected chi connectivity index (χ0v) is 11.1. The van der Waals surface area contributed by atoms with E-state index >= 15 is 0 Å². The molecular weight excluding hydrogens is 248 g/mol. The van der Waals surface area contributed by atoms with Crippen molar-refractivity contribution in [2.75, 3.05) is 13.6 Å². The average Bonchev–Trinajstić information content (AvgIpc) is 3.16. The van der Waals surface area contributed by atoms with Crippen LogP contribution in [0.5, 0.6) is 0 Å². The van der Waals surface area contributed by atoms with Crippen LogP contribution in [0.1, 0.15) is 24.8 Å². The Hall–Kier alpha value is -1.65. The van der Waals surface area contributed by atoms with E-state index in [-0.39, 0.29) is 0 Å². The summed E-state index contributed by atoms with van der Waals surface area (Å²) in [6.07, 6.45) is 3.67. The first kappa shape index (κ1) is 13.8. The molecule has 0 aromatic heterocycles. The number of benzene rings is 1. The van der Waals surface area contributed by atoms with E-state index in [4.69, 9.17) is 5.73 Å². The largest absolute Gasteiger partial charge is 0.370 e. The van der Waals surface area contributed by atoms with Gasteiger partial charge in [-0.3, -0.25) is 4.99 Å². The second-order valence-electron chi connectivity index (χ2n) is 4.96. The number of nitrogens with two attached hydrogens (primary N) is 1.